The van der Waals surface area contributed by atoms with Crippen molar-refractivity contribution in [3.05, 3.63) is 89.2 Å². The van der Waals surface area contributed by atoms with Gasteiger partial charge >= 0.3 is 5.97 Å². The quantitative estimate of drug-likeness (QED) is 0.360. The number of esters is 1. The summed E-state index contributed by atoms with van der Waals surface area (Å²) >= 11 is 0. The number of nitrogens with two attached hydrogens (primary N) is 2. The first-order valence-electron chi connectivity index (χ1n) is 11.0. The third-order valence-electron chi connectivity index (χ3n) is 5.52. The molecule has 4 rings (SSSR count). The molecule has 0 atom stereocenters. The first kappa shape index (κ1) is 23.1. The Bertz CT molecular complexity index is 1340. The van der Waals surface area contributed by atoms with Gasteiger partial charge in [-0.25, -0.2) is 0 Å². The topological polar surface area (TPSA) is 118 Å². The van der Waals surface area contributed by atoms with Crippen LogP contribution in [0.5, 0.6) is 5.75 Å². The number of ether oxygens (including phenoxy) is 2. The SMILES string of the molecule is CCOC(=O)Cc1ccc(C(N)=O)cc1OCc1coc2ccc(-c3cccc(CN)c3)cc12. The number of benzene rings is 3. The highest BCUT2D eigenvalue weighted by atomic mass is 16.5. The number of furan rings is 1. The lowest BCUT2D eigenvalue weighted by atomic mass is 10.0. The highest BCUT2D eigenvalue weighted by Crippen LogP contribution is 2.30. The van der Waals surface area contributed by atoms with Gasteiger partial charge in [0.25, 0.3) is 0 Å². The Balaban J connectivity index is 1.62. The average molecular weight is 459 g/mol. The number of primary amides is 1. The fraction of sp³-hybridized carbons (Fsp3) is 0.185. The Morgan fingerprint density at radius 3 is 2.56 bits per heavy atom. The Morgan fingerprint density at radius 2 is 1.79 bits per heavy atom. The van der Waals surface area contributed by atoms with Crippen LogP contribution in [-0.2, 0) is 29.1 Å². The average Bonchev–Trinajstić information content (AvgIpc) is 3.25. The molecule has 1 amide bonds. The van der Waals surface area contributed by atoms with Crippen LogP contribution in [0, 0.1) is 0 Å². The van der Waals surface area contributed by atoms with Crippen molar-refractivity contribution in [2.75, 3.05) is 6.61 Å². The van der Waals surface area contributed by atoms with E-state index >= 15 is 0 Å². The summed E-state index contributed by atoms with van der Waals surface area (Å²) in [4.78, 5) is 23.7. The van der Waals surface area contributed by atoms with E-state index in [1.807, 2.05) is 36.4 Å². The van der Waals surface area contributed by atoms with Crippen LogP contribution in [0.2, 0.25) is 0 Å². The molecule has 0 aliphatic carbocycles. The van der Waals surface area contributed by atoms with Crippen molar-refractivity contribution in [2.24, 2.45) is 11.5 Å². The molecule has 0 fully saturated rings. The van der Waals surface area contributed by atoms with Crippen LogP contribution in [0.1, 0.15) is 34.0 Å². The fourth-order valence-electron chi connectivity index (χ4n) is 3.76. The highest BCUT2D eigenvalue weighted by Gasteiger charge is 2.15. The number of carbonyl (C=O) groups excluding carboxylic acids is 2. The summed E-state index contributed by atoms with van der Waals surface area (Å²) in [6, 6.07) is 18.8. The molecular weight excluding hydrogens is 432 g/mol. The molecule has 1 aromatic heterocycles. The summed E-state index contributed by atoms with van der Waals surface area (Å²) in [6.07, 6.45) is 1.67. The van der Waals surface area contributed by atoms with E-state index in [-0.39, 0.29) is 25.6 Å². The summed E-state index contributed by atoms with van der Waals surface area (Å²) in [6.45, 7) is 2.68. The normalized spacial score (nSPS) is 10.9. The van der Waals surface area contributed by atoms with Gasteiger partial charge in [-0.3, -0.25) is 9.59 Å². The summed E-state index contributed by atoms with van der Waals surface area (Å²) in [5.41, 5.74) is 16.8. The van der Waals surface area contributed by atoms with Gasteiger partial charge in [0.15, 0.2) is 0 Å². The minimum absolute atomic E-state index is 0.0238. The molecule has 0 unspecified atom stereocenters. The minimum atomic E-state index is -0.578. The summed E-state index contributed by atoms with van der Waals surface area (Å²) in [7, 11) is 0. The van der Waals surface area contributed by atoms with Crippen LogP contribution in [0.25, 0.3) is 22.1 Å². The van der Waals surface area contributed by atoms with Crippen molar-refractivity contribution in [3.63, 3.8) is 0 Å². The van der Waals surface area contributed by atoms with Gasteiger partial charge in [0.2, 0.25) is 5.91 Å². The Hall–Kier alpha value is -4.10. The molecule has 1 heterocycles. The Kier molecular flexibility index (Phi) is 6.94. The molecule has 34 heavy (non-hydrogen) atoms. The Morgan fingerprint density at radius 1 is 0.971 bits per heavy atom. The van der Waals surface area contributed by atoms with Gasteiger partial charge < -0.3 is 25.4 Å². The van der Waals surface area contributed by atoms with E-state index in [9.17, 15) is 9.59 Å². The second kappa shape index (κ2) is 10.2. The summed E-state index contributed by atoms with van der Waals surface area (Å²) in [5, 5.41) is 0.911. The zero-order valence-corrected chi connectivity index (χ0v) is 18.9. The molecule has 174 valence electrons. The van der Waals surface area contributed by atoms with E-state index in [4.69, 9.17) is 25.4 Å². The second-order valence-corrected chi connectivity index (χ2v) is 7.83. The third-order valence-corrected chi connectivity index (χ3v) is 5.52. The van der Waals surface area contributed by atoms with E-state index in [0.717, 1.165) is 33.2 Å². The molecule has 0 aliphatic heterocycles. The monoisotopic (exact) mass is 458 g/mol. The van der Waals surface area contributed by atoms with Gasteiger partial charge in [0, 0.05) is 28.6 Å². The number of carbonyl (C=O) groups is 2. The van der Waals surface area contributed by atoms with E-state index in [2.05, 4.69) is 6.07 Å². The molecule has 7 heteroatoms. The molecule has 7 nitrogen and oxygen atoms in total. The predicted octanol–water partition coefficient (Wildman–Crippen LogP) is 4.34. The van der Waals surface area contributed by atoms with Crippen LogP contribution in [-0.4, -0.2) is 18.5 Å². The number of hydrogen-bond donors (Lipinski definition) is 2. The fourth-order valence-corrected chi connectivity index (χ4v) is 3.76. The lowest BCUT2D eigenvalue weighted by Crippen LogP contribution is -2.13. The highest BCUT2D eigenvalue weighted by molar-refractivity contribution is 5.93. The van der Waals surface area contributed by atoms with Crippen LogP contribution >= 0.6 is 0 Å². The zero-order valence-electron chi connectivity index (χ0n) is 18.9. The van der Waals surface area contributed by atoms with Crippen molar-refractivity contribution in [1.82, 2.24) is 0 Å². The zero-order chi connectivity index (χ0) is 24.1. The van der Waals surface area contributed by atoms with Gasteiger partial charge in [0.1, 0.15) is 17.9 Å². The second-order valence-electron chi connectivity index (χ2n) is 7.83. The molecular formula is C27H26N2O5. The van der Waals surface area contributed by atoms with Crippen molar-refractivity contribution in [3.8, 4) is 16.9 Å². The van der Waals surface area contributed by atoms with E-state index in [0.29, 0.717) is 23.4 Å². The summed E-state index contributed by atoms with van der Waals surface area (Å²) < 4.78 is 16.8. The third kappa shape index (κ3) is 5.10. The molecule has 4 N–H and O–H groups in total. The molecule has 0 aliphatic rings. The number of hydrogen-bond acceptors (Lipinski definition) is 6. The van der Waals surface area contributed by atoms with Crippen molar-refractivity contribution in [2.45, 2.75) is 26.5 Å². The van der Waals surface area contributed by atoms with E-state index < -0.39 is 5.91 Å². The maximum absolute atomic E-state index is 12.0. The molecule has 0 radical (unpaired) electrons. The van der Waals surface area contributed by atoms with Gasteiger partial charge in [-0.1, -0.05) is 30.3 Å². The summed E-state index contributed by atoms with van der Waals surface area (Å²) in [5.74, 6) is -0.562. The van der Waals surface area contributed by atoms with Crippen LogP contribution in [0.4, 0.5) is 0 Å². The Labute approximate surface area is 197 Å². The van der Waals surface area contributed by atoms with E-state index in [1.165, 1.54) is 0 Å². The van der Waals surface area contributed by atoms with Gasteiger partial charge in [-0.05, 0) is 53.9 Å². The van der Waals surface area contributed by atoms with Crippen LogP contribution < -0.4 is 16.2 Å². The van der Waals surface area contributed by atoms with Gasteiger partial charge in [-0.2, -0.15) is 0 Å². The first-order chi connectivity index (χ1) is 16.5. The lowest BCUT2D eigenvalue weighted by Gasteiger charge is -2.12. The predicted molar refractivity (Wildman–Crippen MR) is 129 cm³/mol. The molecule has 0 saturated heterocycles. The number of amides is 1. The van der Waals surface area contributed by atoms with Crippen LogP contribution in [0.15, 0.2) is 71.3 Å². The molecule has 0 spiro atoms. The molecule has 4 aromatic rings. The van der Waals surface area contributed by atoms with Gasteiger partial charge in [0.05, 0.1) is 19.3 Å². The maximum atomic E-state index is 12.0. The van der Waals surface area contributed by atoms with Crippen LogP contribution in [0.3, 0.4) is 0 Å². The maximum Gasteiger partial charge on any atom is 0.310 e. The lowest BCUT2D eigenvalue weighted by molar-refractivity contribution is -0.142. The molecule has 0 saturated carbocycles. The standard InChI is InChI=1S/C27H26N2O5/c1-2-32-26(30)13-20-6-7-21(27(29)31)12-25(20)34-16-22-15-33-24-9-8-19(11-23(22)24)18-5-3-4-17(10-18)14-28/h3-12,15H,2,13-14,16,28H2,1H3,(H2,29,31). The molecule has 3 aromatic carbocycles. The number of rotatable bonds is 9. The van der Waals surface area contributed by atoms with E-state index in [1.54, 1.807) is 31.4 Å². The minimum Gasteiger partial charge on any atom is -0.488 e. The smallest absolute Gasteiger partial charge is 0.310 e. The number of fused-ring (bicyclic) bond motifs is 1. The largest absolute Gasteiger partial charge is 0.488 e. The van der Waals surface area contributed by atoms with Crippen molar-refractivity contribution >= 4 is 22.8 Å². The van der Waals surface area contributed by atoms with Crippen molar-refractivity contribution in [1.29, 1.82) is 0 Å². The first-order valence-corrected chi connectivity index (χ1v) is 11.0. The molecule has 0 bridgehead atoms. The van der Waals surface area contributed by atoms with Gasteiger partial charge in [-0.15, -0.1) is 0 Å². The van der Waals surface area contributed by atoms with Crippen molar-refractivity contribution < 1.29 is 23.5 Å².